The molecule has 0 saturated heterocycles. The maximum absolute atomic E-state index is 12.1. The fourth-order valence-corrected chi connectivity index (χ4v) is 1.97. The number of amides is 3. The van der Waals surface area contributed by atoms with Crippen molar-refractivity contribution in [2.45, 2.75) is 13.8 Å². The van der Waals surface area contributed by atoms with E-state index in [4.69, 9.17) is 0 Å². The van der Waals surface area contributed by atoms with E-state index in [1.807, 2.05) is 6.92 Å². The van der Waals surface area contributed by atoms with Crippen LogP contribution >= 0.6 is 0 Å². The molecule has 7 heteroatoms. The molecule has 0 heterocycles. The van der Waals surface area contributed by atoms with Gasteiger partial charge in [-0.3, -0.25) is 19.3 Å². The average Bonchev–Trinajstić information content (AvgIpc) is 2.53. The topological polar surface area (TPSA) is 90.5 Å². The second kappa shape index (κ2) is 10.2. The number of carbonyl (C=O) groups excluding carboxylic acids is 3. The quantitative estimate of drug-likeness (QED) is 0.593. The van der Waals surface area contributed by atoms with E-state index in [1.54, 1.807) is 35.2 Å². The van der Waals surface area contributed by atoms with E-state index in [2.05, 4.69) is 22.5 Å². The number of hydrogen-bond acceptors (Lipinski definition) is 4. The van der Waals surface area contributed by atoms with Crippen molar-refractivity contribution in [2.75, 3.05) is 36.8 Å². The molecule has 0 aliphatic rings. The Morgan fingerprint density at radius 3 is 2.08 bits per heavy atom. The minimum atomic E-state index is -0.208. The smallest absolute Gasteiger partial charge is 0.238 e. The Kier molecular flexibility index (Phi) is 8.21. The Balaban J connectivity index is 2.49. The highest BCUT2D eigenvalue weighted by molar-refractivity contribution is 5.93. The van der Waals surface area contributed by atoms with Gasteiger partial charge < -0.3 is 16.0 Å². The molecule has 0 aliphatic heterocycles. The van der Waals surface area contributed by atoms with Crippen molar-refractivity contribution in [3.63, 3.8) is 0 Å². The zero-order valence-electron chi connectivity index (χ0n) is 14.1. The molecule has 0 fully saturated rings. The number of benzene rings is 1. The van der Waals surface area contributed by atoms with Gasteiger partial charge in [0.1, 0.15) is 0 Å². The molecule has 0 bridgehead atoms. The first-order valence-corrected chi connectivity index (χ1v) is 7.72. The van der Waals surface area contributed by atoms with Crippen LogP contribution in [0.3, 0.4) is 0 Å². The van der Waals surface area contributed by atoms with Crippen LogP contribution < -0.4 is 16.0 Å². The maximum atomic E-state index is 12.1. The molecule has 7 nitrogen and oxygen atoms in total. The van der Waals surface area contributed by atoms with Crippen LogP contribution in [0.4, 0.5) is 11.4 Å². The van der Waals surface area contributed by atoms with Crippen molar-refractivity contribution in [3.8, 4) is 0 Å². The van der Waals surface area contributed by atoms with Gasteiger partial charge in [0.25, 0.3) is 0 Å². The Morgan fingerprint density at radius 1 is 1.04 bits per heavy atom. The summed E-state index contributed by atoms with van der Waals surface area (Å²) >= 11 is 0. The van der Waals surface area contributed by atoms with Crippen LogP contribution in [0.1, 0.15) is 13.8 Å². The predicted molar refractivity (Wildman–Crippen MR) is 94.7 cm³/mol. The first-order valence-electron chi connectivity index (χ1n) is 7.72. The molecule has 3 amide bonds. The van der Waals surface area contributed by atoms with E-state index in [-0.39, 0.29) is 30.8 Å². The first kappa shape index (κ1) is 19.4. The molecule has 1 aromatic carbocycles. The molecule has 0 radical (unpaired) electrons. The summed E-state index contributed by atoms with van der Waals surface area (Å²) in [6, 6.07) is 6.82. The van der Waals surface area contributed by atoms with Crippen LogP contribution in [-0.2, 0) is 14.4 Å². The monoisotopic (exact) mass is 332 g/mol. The molecule has 24 heavy (non-hydrogen) atoms. The number of nitrogens with zero attached hydrogens (tertiary/aromatic N) is 1. The van der Waals surface area contributed by atoms with Crippen molar-refractivity contribution < 1.29 is 14.4 Å². The summed E-state index contributed by atoms with van der Waals surface area (Å²) in [6.45, 7) is 8.10. The van der Waals surface area contributed by atoms with E-state index in [9.17, 15) is 14.4 Å². The third-order valence-electron chi connectivity index (χ3n) is 3.11. The van der Waals surface area contributed by atoms with Gasteiger partial charge in [-0.1, -0.05) is 13.0 Å². The molecule has 0 saturated carbocycles. The fourth-order valence-electron chi connectivity index (χ4n) is 1.97. The van der Waals surface area contributed by atoms with Gasteiger partial charge in [0, 0.05) is 24.8 Å². The lowest BCUT2D eigenvalue weighted by atomic mass is 10.2. The highest BCUT2D eigenvalue weighted by Gasteiger charge is 2.12. The lowest BCUT2D eigenvalue weighted by molar-refractivity contribution is -0.123. The number of nitrogens with one attached hydrogen (secondary N) is 3. The summed E-state index contributed by atoms with van der Waals surface area (Å²) in [5.41, 5.74) is 1.29. The van der Waals surface area contributed by atoms with Crippen molar-refractivity contribution in [2.24, 2.45) is 0 Å². The molecule has 0 atom stereocenters. The normalized spacial score (nSPS) is 10.1. The maximum Gasteiger partial charge on any atom is 0.238 e. The van der Waals surface area contributed by atoms with Gasteiger partial charge in [0.15, 0.2) is 0 Å². The third-order valence-corrected chi connectivity index (χ3v) is 3.11. The summed E-state index contributed by atoms with van der Waals surface area (Å²) in [5, 5.41) is 8.09. The third kappa shape index (κ3) is 7.55. The second-order valence-electron chi connectivity index (χ2n) is 5.20. The lowest BCUT2D eigenvalue weighted by Gasteiger charge is -2.19. The molecule has 0 aliphatic carbocycles. The summed E-state index contributed by atoms with van der Waals surface area (Å²) < 4.78 is 0. The van der Waals surface area contributed by atoms with Gasteiger partial charge >= 0.3 is 0 Å². The average molecular weight is 332 g/mol. The van der Waals surface area contributed by atoms with Gasteiger partial charge in [-0.2, -0.15) is 0 Å². The molecule has 0 aromatic heterocycles. The number of likely N-dealkylation sites (N-methyl/N-ethyl adjacent to an activating group) is 1. The highest BCUT2D eigenvalue weighted by Crippen LogP contribution is 2.13. The number of anilines is 2. The van der Waals surface area contributed by atoms with E-state index < -0.39 is 0 Å². The molecule has 1 rings (SSSR count). The Hall–Kier alpha value is -2.67. The number of carbonyl (C=O) groups is 3. The minimum Gasteiger partial charge on any atom is -0.352 e. The number of rotatable bonds is 9. The summed E-state index contributed by atoms with van der Waals surface area (Å²) in [6.07, 6.45) is 1.60. The van der Waals surface area contributed by atoms with Crippen molar-refractivity contribution in [1.29, 1.82) is 0 Å². The summed E-state index contributed by atoms with van der Waals surface area (Å²) in [7, 11) is 0. The van der Waals surface area contributed by atoms with Crippen LogP contribution in [0.2, 0.25) is 0 Å². The van der Waals surface area contributed by atoms with E-state index in [0.717, 1.165) is 0 Å². The largest absolute Gasteiger partial charge is 0.352 e. The van der Waals surface area contributed by atoms with Crippen molar-refractivity contribution >= 4 is 29.1 Å². The first-order chi connectivity index (χ1) is 11.4. The van der Waals surface area contributed by atoms with Crippen LogP contribution in [0.15, 0.2) is 36.9 Å². The van der Waals surface area contributed by atoms with Gasteiger partial charge in [-0.15, -0.1) is 6.58 Å². The second-order valence-corrected chi connectivity index (χ2v) is 5.20. The Bertz CT molecular complexity index is 584. The van der Waals surface area contributed by atoms with Crippen molar-refractivity contribution in [3.05, 3.63) is 36.9 Å². The summed E-state index contributed by atoms with van der Waals surface area (Å²) in [5.74, 6) is -0.509. The van der Waals surface area contributed by atoms with Gasteiger partial charge in [-0.05, 0) is 30.8 Å². The highest BCUT2D eigenvalue weighted by atomic mass is 16.2. The predicted octanol–water partition coefficient (Wildman–Crippen LogP) is 1.21. The van der Waals surface area contributed by atoms with E-state index >= 15 is 0 Å². The Morgan fingerprint density at radius 2 is 1.58 bits per heavy atom. The standard InChI is InChI=1S/C17H24N4O3/c1-4-10-18-16(23)11-21(5-2)12-17(24)20-15-8-6-14(7-9-15)19-13(3)22/h4,6-9H,1,5,10-12H2,2-3H3,(H,18,23)(H,19,22)(H,20,24). The van der Waals surface area contributed by atoms with Crippen LogP contribution in [-0.4, -0.2) is 48.8 Å². The zero-order valence-corrected chi connectivity index (χ0v) is 14.1. The fraction of sp³-hybridized carbons (Fsp3) is 0.353. The van der Waals surface area contributed by atoms with Gasteiger partial charge in [0.2, 0.25) is 17.7 Å². The number of hydrogen-bond donors (Lipinski definition) is 3. The minimum absolute atomic E-state index is 0.117. The molecular formula is C17H24N4O3. The van der Waals surface area contributed by atoms with Crippen LogP contribution in [0, 0.1) is 0 Å². The summed E-state index contributed by atoms with van der Waals surface area (Å²) in [4.78, 5) is 36.4. The van der Waals surface area contributed by atoms with Crippen LogP contribution in [0.25, 0.3) is 0 Å². The lowest BCUT2D eigenvalue weighted by Crippen LogP contribution is -2.41. The van der Waals surface area contributed by atoms with E-state index in [0.29, 0.717) is 24.5 Å². The molecule has 0 spiro atoms. The van der Waals surface area contributed by atoms with E-state index in [1.165, 1.54) is 6.92 Å². The molecule has 130 valence electrons. The Labute approximate surface area is 142 Å². The van der Waals surface area contributed by atoms with Crippen LogP contribution in [0.5, 0.6) is 0 Å². The SMILES string of the molecule is C=CCNC(=O)CN(CC)CC(=O)Nc1ccc(NC(C)=O)cc1. The van der Waals surface area contributed by atoms with Crippen molar-refractivity contribution in [1.82, 2.24) is 10.2 Å². The molecule has 0 unspecified atom stereocenters. The molecule has 3 N–H and O–H groups in total. The molecular weight excluding hydrogens is 308 g/mol. The molecule has 1 aromatic rings. The van der Waals surface area contributed by atoms with Gasteiger partial charge in [0.05, 0.1) is 13.1 Å². The zero-order chi connectivity index (χ0) is 17.9. The van der Waals surface area contributed by atoms with Gasteiger partial charge in [-0.25, -0.2) is 0 Å².